The Morgan fingerprint density at radius 1 is 1.27 bits per heavy atom. The summed E-state index contributed by atoms with van der Waals surface area (Å²) in [4.78, 5) is 14.5. The lowest BCUT2D eigenvalue weighted by molar-refractivity contribution is -0.137. The average Bonchev–Trinajstić information content (AvgIpc) is 2.66. The number of fused-ring (bicyclic) bond motifs is 1. The number of rotatable bonds is 3. The maximum atomic E-state index is 12.8. The van der Waals surface area contributed by atoms with Gasteiger partial charge < -0.3 is 4.90 Å². The molecule has 0 bridgehead atoms. The van der Waals surface area contributed by atoms with Gasteiger partial charge in [0.05, 0.1) is 11.8 Å². The van der Waals surface area contributed by atoms with E-state index in [1.165, 1.54) is 29.6 Å². The Morgan fingerprint density at radius 2 is 1.97 bits per heavy atom. The molecule has 160 valence electrons. The predicted octanol–water partition coefficient (Wildman–Crippen LogP) is 5.50. The summed E-state index contributed by atoms with van der Waals surface area (Å²) in [5.74, 6) is -0.318. The van der Waals surface area contributed by atoms with Crippen LogP contribution in [0.2, 0.25) is 0 Å². The fraction of sp³-hybridized carbons (Fsp3) is 0.391. The number of benzene rings is 2. The van der Waals surface area contributed by atoms with Gasteiger partial charge in [0.1, 0.15) is 0 Å². The first-order chi connectivity index (χ1) is 13.9. The van der Waals surface area contributed by atoms with Gasteiger partial charge in [-0.15, -0.1) is 0 Å². The molecule has 0 fully saturated rings. The van der Waals surface area contributed by atoms with Crippen LogP contribution in [0, 0.1) is 6.92 Å². The highest BCUT2D eigenvalue weighted by atomic mass is 19.4. The van der Waals surface area contributed by atoms with E-state index >= 15 is 0 Å². The largest absolute Gasteiger partial charge is 0.416 e. The van der Waals surface area contributed by atoms with E-state index in [9.17, 15) is 18.0 Å². The number of halogens is 3. The third-order valence-electron chi connectivity index (χ3n) is 5.84. The first kappa shape index (κ1) is 21.9. The molecule has 30 heavy (non-hydrogen) atoms. The van der Waals surface area contributed by atoms with Gasteiger partial charge in [-0.3, -0.25) is 4.79 Å². The minimum atomic E-state index is -4.50. The van der Waals surface area contributed by atoms with E-state index < -0.39 is 17.6 Å². The normalized spacial score (nSPS) is 18.4. The highest BCUT2D eigenvalue weighted by molar-refractivity contribution is 5.95. The third-order valence-corrected chi connectivity index (χ3v) is 5.84. The molecule has 1 amide bonds. The van der Waals surface area contributed by atoms with Crippen molar-refractivity contribution in [2.45, 2.75) is 51.7 Å². The van der Waals surface area contributed by atoms with Crippen molar-refractivity contribution in [3.05, 3.63) is 64.2 Å². The molecule has 0 radical (unpaired) electrons. The molecule has 4 nitrogen and oxygen atoms in total. The summed E-state index contributed by atoms with van der Waals surface area (Å²) < 4.78 is 38.5. The van der Waals surface area contributed by atoms with Gasteiger partial charge in [-0.2, -0.15) is 18.3 Å². The standard InChI is InChI=1S/C23H26F3N3O/c1-14-9-20-19(15(2)12-22(3,4)29(20)5)11-17(14)13-27-28-21(30)16-7-6-8-18(10-16)23(24,25)26/h6-11,13,15H,12H2,1-5H3,(H,28,30)/b27-13-/t15-/m0/s1. The molecular formula is C23H26F3N3O. The Morgan fingerprint density at radius 3 is 2.63 bits per heavy atom. The fourth-order valence-corrected chi connectivity index (χ4v) is 3.94. The number of anilines is 1. The number of hydrogen-bond donors (Lipinski definition) is 1. The van der Waals surface area contributed by atoms with Crippen molar-refractivity contribution in [2.24, 2.45) is 5.10 Å². The van der Waals surface area contributed by atoms with Gasteiger partial charge in [0.2, 0.25) is 0 Å². The van der Waals surface area contributed by atoms with Crippen molar-refractivity contribution >= 4 is 17.8 Å². The van der Waals surface area contributed by atoms with Crippen LogP contribution in [0.4, 0.5) is 18.9 Å². The van der Waals surface area contributed by atoms with Gasteiger partial charge in [0, 0.05) is 23.8 Å². The minimum absolute atomic E-state index is 0.0629. The number of carbonyl (C=O) groups is 1. The molecule has 0 saturated heterocycles. The molecule has 1 atom stereocenters. The molecule has 1 N–H and O–H groups in total. The maximum Gasteiger partial charge on any atom is 0.416 e. The zero-order valence-electron chi connectivity index (χ0n) is 17.8. The smallest absolute Gasteiger partial charge is 0.369 e. The number of hydrogen-bond acceptors (Lipinski definition) is 3. The van der Waals surface area contributed by atoms with E-state index in [0.717, 1.165) is 29.7 Å². The van der Waals surface area contributed by atoms with Crippen molar-refractivity contribution in [2.75, 3.05) is 11.9 Å². The van der Waals surface area contributed by atoms with Crippen LogP contribution in [0.25, 0.3) is 0 Å². The average molecular weight is 417 g/mol. The van der Waals surface area contributed by atoms with Gasteiger partial charge in [-0.25, -0.2) is 5.43 Å². The first-order valence-electron chi connectivity index (χ1n) is 9.79. The lowest BCUT2D eigenvalue weighted by Crippen LogP contribution is -2.45. The van der Waals surface area contributed by atoms with Gasteiger partial charge in [0.15, 0.2) is 0 Å². The molecule has 0 spiro atoms. The van der Waals surface area contributed by atoms with Crippen LogP contribution in [0.1, 0.15) is 65.7 Å². The van der Waals surface area contributed by atoms with Crippen molar-refractivity contribution in [1.82, 2.24) is 5.43 Å². The topological polar surface area (TPSA) is 44.7 Å². The van der Waals surface area contributed by atoms with Crippen LogP contribution in [0.5, 0.6) is 0 Å². The van der Waals surface area contributed by atoms with E-state index in [2.05, 4.69) is 55.4 Å². The van der Waals surface area contributed by atoms with Gasteiger partial charge in [-0.05, 0) is 80.1 Å². The van der Waals surface area contributed by atoms with Crippen LogP contribution in [-0.4, -0.2) is 24.7 Å². The second kappa shape index (κ2) is 7.78. The molecule has 0 unspecified atom stereocenters. The number of hydrazone groups is 1. The number of carbonyl (C=O) groups excluding carboxylic acids is 1. The second-order valence-corrected chi connectivity index (χ2v) is 8.52. The predicted molar refractivity (Wildman–Crippen MR) is 113 cm³/mol. The van der Waals surface area contributed by atoms with E-state index in [4.69, 9.17) is 0 Å². The van der Waals surface area contributed by atoms with Gasteiger partial charge in [0.25, 0.3) is 5.91 Å². The van der Waals surface area contributed by atoms with Crippen LogP contribution in [0.3, 0.4) is 0 Å². The Hall–Kier alpha value is -2.83. The lowest BCUT2D eigenvalue weighted by Gasteiger charge is -2.45. The highest BCUT2D eigenvalue weighted by Gasteiger charge is 2.34. The van der Waals surface area contributed by atoms with Crippen molar-refractivity contribution in [3.63, 3.8) is 0 Å². The molecule has 2 aromatic carbocycles. The molecule has 0 aliphatic carbocycles. The van der Waals surface area contributed by atoms with Crippen LogP contribution >= 0.6 is 0 Å². The summed E-state index contributed by atoms with van der Waals surface area (Å²) in [7, 11) is 2.09. The summed E-state index contributed by atoms with van der Waals surface area (Å²) >= 11 is 0. The molecule has 7 heteroatoms. The van der Waals surface area contributed by atoms with E-state index in [0.29, 0.717) is 5.92 Å². The summed E-state index contributed by atoms with van der Waals surface area (Å²) in [5.41, 5.74) is 5.68. The molecule has 2 aromatic rings. The number of alkyl halides is 3. The summed E-state index contributed by atoms with van der Waals surface area (Å²) in [6.45, 7) is 8.61. The Kier molecular flexibility index (Phi) is 5.67. The number of nitrogens with one attached hydrogen (secondary N) is 1. The summed E-state index contributed by atoms with van der Waals surface area (Å²) in [6, 6.07) is 8.45. The van der Waals surface area contributed by atoms with Crippen molar-refractivity contribution in [1.29, 1.82) is 0 Å². The zero-order chi connectivity index (χ0) is 22.3. The van der Waals surface area contributed by atoms with Crippen LogP contribution in [0.15, 0.2) is 41.5 Å². The van der Waals surface area contributed by atoms with Gasteiger partial charge in [-0.1, -0.05) is 13.0 Å². The molecule has 1 aliphatic heterocycles. The SMILES string of the molecule is Cc1cc2c(cc1/C=N\NC(=O)c1cccc(C(F)(F)F)c1)[C@@H](C)CC(C)(C)N2C. The molecule has 0 saturated carbocycles. The Balaban J connectivity index is 1.79. The maximum absolute atomic E-state index is 12.8. The Labute approximate surface area is 174 Å². The zero-order valence-corrected chi connectivity index (χ0v) is 17.8. The molecule has 1 aliphatic rings. The Bertz CT molecular complexity index is 996. The number of nitrogens with zero attached hydrogens (tertiary/aromatic N) is 2. The van der Waals surface area contributed by atoms with E-state index in [1.54, 1.807) is 0 Å². The highest BCUT2D eigenvalue weighted by Crippen LogP contribution is 2.43. The minimum Gasteiger partial charge on any atom is -0.369 e. The quantitative estimate of drug-likeness (QED) is 0.529. The van der Waals surface area contributed by atoms with Crippen molar-refractivity contribution < 1.29 is 18.0 Å². The molecule has 1 heterocycles. The number of amides is 1. The fourth-order valence-electron chi connectivity index (χ4n) is 3.94. The summed E-state index contributed by atoms with van der Waals surface area (Å²) in [6.07, 6.45) is -1.95. The van der Waals surface area contributed by atoms with E-state index in [-0.39, 0.29) is 11.1 Å². The van der Waals surface area contributed by atoms with Crippen LogP contribution in [-0.2, 0) is 6.18 Å². The monoisotopic (exact) mass is 417 g/mol. The van der Waals surface area contributed by atoms with Gasteiger partial charge >= 0.3 is 6.18 Å². The second-order valence-electron chi connectivity index (χ2n) is 8.52. The summed E-state index contributed by atoms with van der Waals surface area (Å²) in [5, 5.41) is 3.97. The number of aryl methyl sites for hydroxylation is 1. The molecule has 0 aromatic heterocycles. The third kappa shape index (κ3) is 4.35. The van der Waals surface area contributed by atoms with E-state index in [1.807, 2.05) is 6.92 Å². The van der Waals surface area contributed by atoms with Crippen LogP contribution < -0.4 is 10.3 Å². The molecule has 3 rings (SSSR count). The lowest BCUT2D eigenvalue weighted by atomic mass is 9.79. The van der Waals surface area contributed by atoms with Crippen molar-refractivity contribution in [3.8, 4) is 0 Å². The first-order valence-corrected chi connectivity index (χ1v) is 9.79. The molecular weight excluding hydrogens is 391 g/mol.